The zero-order chi connectivity index (χ0) is 32.0. The highest BCUT2D eigenvalue weighted by atomic mass is 31.2. The molecule has 1 aliphatic carbocycles. The molecule has 1 heterocycles. The normalized spacial score (nSPS) is 18.5. The topological polar surface area (TPSA) is 103 Å². The monoisotopic (exact) mass is 638 g/mol. The van der Waals surface area contributed by atoms with Crippen LogP contribution in [-0.4, -0.2) is 26.1 Å². The zero-order valence-corrected chi connectivity index (χ0v) is 26.8. The van der Waals surface area contributed by atoms with Crippen molar-refractivity contribution < 1.29 is 28.3 Å². The molecule has 1 fully saturated rings. The first-order chi connectivity index (χ1) is 22.3. The minimum Gasteiger partial charge on any atom is -0.392 e. The molecule has 5 aromatic rings. The molecule has 4 aromatic carbocycles. The molecule has 1 aromatic heterocycles. The van der Waals surface area contributed by atoms with Crippen molar-refractivity contribution in [2.45, 2.75) is 64.1 Å². The molecule has 0 saturated heterocycles. The van der Waals surface area contributed by atoms with Crippen LogP contribution >= 0.6 is 7.82 Å². The van der Waals surface area contributed by atoms with Gasteiger partial charge < -0.3 is 10.2 Å². The maximum absolute atomic E-state index is 13.9. The van der Waals surface area contributed by atoms with Crippen LogP contribution in [0, 0.1) is 6.92 Å². The standard InChI is InChI=1S/C37H39N2O6P/c1-28-12-16-32(17-13-28)35-24-36(38-39(35)33-18-14-29(25-40)15-19-33)37(41)22-20-34(21-23-37)45-46(42,43-26-30-8-4-2-5-9-30)44-27-31-10-6-3-7-11-31/h2-19,24,34,40-41H,20-23,25-27H2,1H3. The SMILES string of the molecule is Cc1ccc(-c2cc(C3(O)CCC(OP(=O)(OCc4ccccc4)OCc4ccccc4)CC3)nn2-c2ccc(CO)cc2)cc1. The smallest absolute Gasteiger partial charge is 0.392 e. The summed E-state index contributed by atoms with van der Waals surface area (Å²) in [6.45, 7) is 2.17. The van der Waals surface area contributed by atoms with Gasteiger partial charge in [0.05, 0.1) is 43.0 Å². The zero-order valence-electron chi connectivity index (χ0n) is 25.9. The Hall–Kier alpha value is -3.88. The van der Waals surface area contributed by atoms with Crippen molar-refractivity contribution in [1.29, 1.82) is 0 Å². The summed E-state index contributed by atoms with van der Waals surface area (Å²) in [6.07, 6.45) is 1.19. The maximum Gasteiger partial charge on any atom is 0.475 e. The molecular weight excluding hydrogens is 599 g/mol. The first kappa shape index (κ1) is 32.1. The van der Waals surface area contributed by atoms with Gasteiger partial charge in [-0.25, -0.2) is 9.25 Å². The Labute approximate surface area is 269 Å². The van der Waals surface area contributed by atoms with Crippen molar-refractivity contribution in [3.05, 3.63) is 143 Å². The third-order valence-corrected chi connectivity index (χ3v) is 9.85. The molecule has 6 rings (SSSR count). The summed E-state index contributed by atoms with van der Waals surface area (Å²) in [5.74, 6) is 0. The van der Waals surface area contributed by atoms with Crippen LogP contribution in [0.4, 0.5) is 0 Å². The minimum absolute atomic E-state index is 0.0417. The second-order valence-corrected chi connectivity index (χ2v) is 13.4. The first-order valence-electron chi connectivity index (χ1n) is 15.6. The highest BCUT2D eigenvalue weighted by molar-refractivity contribution is 7.48. The van der Waals surface area contributed by atoms with Crippen LogP contribution in [0.3, 0.4) is 0 Å². The summed E-state index contributed by atoms with van der Waals surface area (Å²) in [6, 6.07) is 36.7. The molecule has 0 bridgehead atoms. The Morgan fingerprint density at radius 3 is 1.91 bits per heavy atom. The largest absolute Gasteiger partial charge is 0.475 e. The van der Waals surface area contributed by atoms with Gasteiger partial charge in [-0.15, -0.1) is 0 Å². The lowest BCUT2D eigenvalue weighted by atomic mass is 9.81. The number of rotatable bonds is 12. The van der Waals surface area contributed by atoms with Gasteiger partial charge in [-0.3, -0.25) is 13.6 Å². The van der Waals surface area contributed by atoms with Gasteiger partial charge in [-0.05, 0) is 67.5 Å². The molecule has 0 radical (unpaired) electrons. The van der Waals surface area contributed by atoms with Gasteiger partial charge in [0.2, 0.25) is 0 Å². The third kappa shape index (κ3) is 7.73. The molecule has 1 aliphatic rings. The molecule has 1 saturated carbocycles. The second kappa shape index (κ2) is 14.3. The average molecular weight is 639 g/mol. The van der Waals surface area contributed by atoms with E-state index in [4.69, 9.17) is 18.7 Å². The molecule has 0 atom stereocenters. The van der Waals surface area contributed by atoms with Gasteiger partial charge in [-0.2, -0.15) is 5.10 Å². The van der Waals surface area contributed by atoms with Gasteiger partial charge in [0.15, 0.2) is 0 Å². The van der Waals surface area contributed by atoms with Crippen LogP contribution in [-0.2, 0) is 43.6 Å². The van der Waals surface area contributed by atoms with Gasteiger partial charge in [0.25, 0.3) is 0 Å². The fourth-order valence-corrected chi connectivity index (χ4v) is 7.03. The summed E-state index contributed by atoms with van der Waals surface area (Å²) in [5.41, 5.74) is 5.70. The fourth-order valence-electron chi connectivity index (χ4n) is 5.64. The van der Waals surface area contributed by atoms with Crippen molar-refractivity contribution >= 4 is 7.82 Å². The average Bonchev–Trinajstić information content (AvgIpc) is 3.56. The fraction of sp³-hybridized carbons (Fsp3) is 0.270. The van der Waals surface area contributed by atoms with Crippen LogP contribution < -0.4 is 0 Å². The summed E-state index contributed by atoms with van der Waals surface area (Å²) in [4.78, 5) is 0. The predicted octanol–water partition coefficient (Wildman–Crippen LogP) is 8.03. The highest BCUT2D eigenvalue weighted by Crippen LogP contribution is 2.54. The molecule has 8 nitrogen and oxygen atoms in total. The van der Waals surface area contributed by atoms with Crippen LogP contribution in [0.1, 0.15) is 53.6 Å². The Balaban J connectivity index is 1.19. The number of benzene rings is 4. The number of hydrogen-bond acceptors (Lipinski definition) is 7. The summed E-state index contributed by atoms with van der Waals surface area (Å²) >= 11 is 0. The molecule has 2 N–H and O–H groups in total. The molecule has 46 heavy (non-hydrogen) atoms. The van der Waals surface area contributed by atoms with Crippen molar-refractivity contribution in [1.82, 2.24) is 9.78 Å². The van der Waals surface area contributed by atoms with Crippen molar-refractivity contribution in [3.63, 3.8) is 0 Å². The molecule has 0 amide bonds. The van der Waals surface area contributed by atoms with E-state index in [-0.39, 0.29) is 19.8 Å². The maximum atomic E-state index is 13.9. The van der Waals surface area contributed by atoms with E-state index >= 15 is 0 Å². The van der Waals surface area contributed by atoms with Gasteiger partial charge in [-0.1, -0.05) is 103 Å². The Bertz CT molecular complexity index is 1700. The molecular formula is C37H39N2O6P. The first-order valence-corrected chi connectivity index (χ1v) is 17.0. The predicted molar refractivity (Wildman–Crippen MR) is 177 cm³/mol. The number of phosphoric ester groups is 1. The number of nitrogens with zero attached hydrogens (tertiary/aromatic N) is 2. The van der Waals surface area contributed by atoms with Gasteiger partial charge in [0, 0.05) is 5.56 Å². The van der Waals surface area contributed by atoms with Gasteiger partial charge >= 0.3 is 7.82 Å². The van der Waals surface area contributed by atoms with Crippen LogP contribution in [0.2, 0.25) is 0 Å². The lowest BCUT2D eigenvalue weighted by Gasteiger charge is -2.35. The Morgan fingerprint density at radius 2 is 1.37 bits per heavy atom. The number of hydrogen-bond donors (Lipinski definition) is 2. The molecule has 0 aliphatic heterocycles. The molecule has 9 heteroatoms. The lowest BCUT2D eigenvalue weighted by molar-refractivity contribution is -0.0433. The quantitative estimate of drug-likeness (QED) is 0.133. The number of phosphoric acid groups is 1. The van der Waals surface area contributed by atoms with Crippen LogP contribution in [0.25, 0.3) is 16.9 Å². The minimum atomic E-state index is -3.95. The number of aliphatic hydroxyl groups is 2. The van der Waals surface area contributed by atoms with Gasteiger partial charge in [0.1, 0.15) is 5.60 Å². The molecule has 0 spiro atoms. The van der Waals surface area contributed by atoms with E-state index in [1.54, 1.807) is 0 Å². The van der Waals surface area contributed by atoms with E-state index in [1.807, 2.05) is 115 Å². The van der Waals surface area contributed by atoms with E-state index in [2.05, 4.69) is 12.1 Å². The van der Waals surface area contributed by atoms with Crippen molar-refractivity contribution in [3.8, 4) is 16.9 Å². The summed E-state index contributed by atoms with van der Waals surface area (Å²) in [7, 11) is -3.95. The lowest BCUT2D eigenvalue weighted by Crippen LogP contribution is -2.34. The molecule has 238 valence electrons. The number of aliphatic hydroxyl groups excluding tert-OH is 1. The van der Waals surface area contributed by atoms with Crippen molar-refractivity contribution in [2.24, 2.45) is 0 Å². The number of aromatic nitrogens is 2. The second-order valence-electron chi connectivity index (χ2n) is 11.8. The van der Waals surface area contributed by atoms with E-state index in [0.717, 1.165) is 39.2 Å². The van der Waals surface area contributed by atoms with E-state index in [1.165, 1.54) is 0 Å². The van der Waals surface area contributed by atoms with Crippen LogP contribution in [0.5, 0.6) is 0 Å². The Morgan fingerprint density at radius 1 is 0.804 bits per heavy atom. The van der Waals surface area contributed by atoms with Crippen LogP contribution in [0.15, 0.2) is 115 Å². The summed E-state index contributed by atoms with van der Waals surface area (Å²) < 4.78 is 33.5. The number of aryl methyl sites for hydroxylation is 1. The van der Waals surface area contributed by atoms with E-state index in [0.29, 0.717) is 31.4 Å². The van der Waals surface area contributed by atoms with E-state index < -0.39 is 19.5 Å². The highest BCUT2D eigenvalue weighted by Gasteiger charge is 2.41. The third-order valence-electron chi connectivity index (χ3n) is 8.40. The Kier molecular flexibility index (Phi) is 9.95. The van der Waals surface area contributed by atoms with E-state index in [9.17, 15) is 14.8 Å². The molecule has 0 unspecified atom stereocenters. The summed E-state index contributed by atoms with van der Waals surface area (Å²) in [5, 5.41) is 26.4. The van der Waals surface area contributed by atoms with Crippen molar-refractivity contribution in [2.75, 3.05) is 0 Å².